The molecule has 28 heavy (non-hydrogen) atoms. The fourth-order valence-corrected chi connectivity index (χ4v) is 3.53. The molecule has 3 rings (SSSR count). The molecular formula is C22H20BrCl2NO2. The number of benzene rings is 3. The van der Waals surface area contributed by atoms with Gasteiger partial charge < -0.3 is 14.8 Å². The van der Waals surface area contributed by atoms with Crippen molar-refractivity contribution < 1.29 is 9.47 Å². The lowest BCUT2D eigenvalue weighted by atomic mass is 10.2. The summed E-state index contributed by atoms with van der Waals surface area (Å²) in [5.74, 6) is 1.66. The van der Waals surface area contributed by atoms with Gasteiger partial charge in [0.1, 0.15) is 18.1 Å². The van der Waals surface area contributed by atoms with Crippen LogP contribution in [0.2, 0.25) is 10.0 Å². The molecule has 146 valence electrons. The van der Waals surface area contributed by atoms with Crippen LogP contribution in [0.15, 0.2) is 65.1 Å². The molecule has 0 saturated carbocycles. The van der Waals surface area contributed by atoms with Crippen LogP contribution in [0.5, 0.6) is 11.5 Å². The van der Waals surface area contributed by atoms with Gasteiger partial charge in [-0.15, -0.1) is 0 Å². The number of ether oxygens (including phenoxy) is 2. The summed E-state index contributed by atoms with van der Waals surface area (Å²) >= 11 is 15.7. The smallest absolute Gasteiger partial charge is 0.124 e. The summed E-state index contributed by atoms with van der Waals surface area (Å²) in [7, 11) is 0. The summed E-state index contributed by atoms with van der Waals surface area (Å²) in [5.41, 5.74) is 2.93. The molecule has 3 aromatic carbocycles. The van der Waals surface area contributed by atoms with Crippen LogP contribution in [0.25, 0.3) is 0 Å². The van der Waals surface area contributed by atoms with E-state index >= 15 is 0 Å². The summed E-state index contributed by atoms with van der Waals surface area (Å²) in [6, 6.07) is 19.2. The molecule has 0 saturated heterocycles. The topological polar surface area (TPSA) is 30.5 Å². The highest BCUT2D eigenvalue weighted by atomic mass is 79.9. The fourth-order valence-electron chi connectivity index (χ4n) is 2.65. The van der Waals surface area contributed by atoms with Gasteiger partial charge in [0, 0.05) is 37.9 Å². The van der Waals surface area contributed by atoms with E-state index in [0.717, 1.165) is 32.8 Å². The van der Waals surface area contributed by atoms with Crippen LogP contribution in [0.1, 0.15) is 18.1 Å². The van der Waals surface area contributed by atoms with Gasteiger partial charge in [-0.1, -0.05) is 45.2 Å². The van der Waals surface area contributed by atoms with E-state index in [4.69, 9.17) is 32.7 Å². The third-order valence-electron chi connectivity index (χ3n) is 4.07. The van der Waals surface area contributed by atoms with Gasteiger partial charge in [0.25, 0.3) is 0 Å². The predicted molar refractivity (Wildman–Crippen MR) is 120 cm³/mol. The van der Waals surface area contributed by atoms with E-state index in [0.29, 0.717) is 29.8 Å². The molecule has 0 bridgehead atoms. The van der Waals surface area contributed by atoms with Gasteiger partial charge in [-0.25, -0.2) is 0 Å². The third-order valence-corrected chi connectivity index (χ3v) is 5.15. The minimum Gasteiger partial charge on any atom is -0.494 e. The lowest BCUT2D eigenvalue weighted by Gasteiger charge is -2.14. The van der Waals surface area contributed by atoms with Crippen molar-refractivity contribution in [3.05, 3.63) is 86.3 Å². The van der Waals surface area contributed by atoms with Crippen molar-refractivity contribution in [3.8, 4) is 11.5 Å². The SMILES string of the molecule is CCOc1ccc(NCc2cc(Br)ccc2OCc2ccc(Cl)cc2Cl)cc1. The second-order valence-corrected chi connectivity index (χ2v) is 7.85. The second kappa shape index (κ2) is 10.1. The standard InChI is InChI=1S/C22H20BrCl2NO2/c1-2-27-20-8-6-19(7-9-20)26-13-16-11-17(23)4-10-22(16)28-14-15-3-5-18(24)12-21(15)25/h3-12,26H,2,13-14H2,1H3. The first kappa shape index (κ1) is 20.8. The first-order valence-corrected chi connectivity index (χ1v) is 10.4. The summed E-state index contributed by atoms with van der Waals surface area (Å²) in [6.07, 6.45) is 0. The van der Waals surface area contributed by atoms with Crippen LogP contribution in [-0.4, -0.2) is 6.61 Å². The largest absolute Gasteiger partial charge is 0.494 e. The number of halogens is 3. The van der Waals surface area contributed by atoms with Gasteiger partial charge in [0.15, 0.2) is 0 Å². The summed E-state index contributed by atoms with van der Waals surface area (Å²) in [4.78, 5) is 0. The van der Waals surface area contributed by atoms with Crippen molar-refractivity contribution in [3.63, 3.8) is 0 Å². The molecule has 0 amide bonds. The molecule has 0 aliphatic rings. The van der Waals surface area contributed by atoms with Crippen LogP contribution in [-0.2, 0) is 13.2 Å². The van der Waals surface area contributed by atoms with Crippen molar-refractivity contribution in [2.45, 2.75) is 20.1 Å². The van der Waals surface area contributed by atoms with E-state index in [1.54, 1.807) is 6.07 Å². The zero-order valence-electron chi connectivity index (χ0n) is 15.3. The molecular weight excluding hydrogens is 461 g/mol. The van der Waals surface area contributed by atoms with E-state index in [2.05, 4.69) is 21.2 Å². The van der Waals surface area contributed by atoms with Crippen molar-refractivity contribution >= 4 is 44.8 Å². The molecule has 1 N–H and O–H groups in total. The zero-order valence-corrected chi connectivity index (χ0v) is 18.4. The Morgan fingerprint density at radius 2 is 1.68 bits per heavy atom. The van der Waals surface area contributed by atoms with Crippen LogP contribution in [0.3, 0.4) is 0 Å². The summed E-state index contributed by atoms with van der Waals surface area (Å²) in [5, 5.41) is 4.62. The van der Waals surface area contributed by atoms with E-state index in [1.165, 1.54) is 0 Å². The molecule has 0 aromatic heterocycles. The Morgan fingerprint density at radius 3 is 2.39 bits per heavy atom. The molecule has 0 fully saturated rings. The molecule has 3 nitrogen and oxygen atoms in total. The van der Waals surface area contributed by atoms with Crippen LogP contribution < -0.4 is 14.8 Å². The van der Waals surface area contributed by atoms with Gasteiger partial charge >= 0.3 is 0 Å². The normalized spacial score (nSPS) is 10.6. The van der Waals surface area contributed by atoms with Crippen LogP contribution in [0.4, 0.5) is 5.69 Å². The molecule has 0 aliphatic carbocycles. The number of nitrogens with one attached hydrogen (secondary N) is 1. The van der Waals surface area contributed by atoms with E-state index in [1.807, 2.05) is 61.5 Å². The number of rotatable bonds is 8. The monoisotopic (exact) mass is 479 g/mol. The highest BCUT2D eigenvalue weighted by Gasteiger charge is 2.08. The van der Waals surface area contributed by atoms with Crippen molar-refractivity contribution in [1.82, 2.24) is 0 Å². The molecule has 6 heteroatoms. The van der Waals surface area contributed by atoms with E-state index in [-0.39, 0.29) is 0 Å². The number of anilines is 1. The maximum Gasteiger partial charge on any atom is 0.124 e. The quantitative estimate of drug-likeness (QED) is 0.365. The van der Waals surface area contributed by atoms with Crippen LogP contribution >= 0.6 is 39.1 Å². The Bertz CT molecular complexity index is 932. The predicted octanol–water partition coefficient (Wildman–Crippen LogP) is 7.35. The minimum absolute atomic E-state index is 0.369. The lowest BCUT2D eigenvalue weighted by molar-refractivity contribution is 0.303. The fraction of sp³-hybridized carbons (Fsp3) is 0.182. The first-order valence-electron chi connectivity index (χ1n) is 8.87. The minimum atomic E-state index is 0.369. The average Bonchev–Trinajstić information content (AvgIpc) is 2.68. The maximum absolute atomic E-state index is 6.24. The summed E-state index contributed by atoms with van der Waals surface area (Å²) in [6.45, 7) is 3.62. The first-order chi connectivity index (χ1) is 13.5. The molecule has 0 heterocycles. The highest BCUT2D eigenvalue weighted by Crippen LogP contribution is 2.27. The van der Waals surface area contributed by atoms with E-state index < -0.39 is 0 Å². The molecule has 0 spiro atoms. The van der Waals surface area contributed by atoms with Crippen molar-refractivity contribution in [2.75, 3.05) is 11.9 Å². The molecule has 0 aliphatic heterocycles. The van der Waals surface area contributed by atoms with Crippen molar-refractivity contribution in [2.24, 2.45) is 0 Å². The van der Waals surface area contributed by atoms with Gasteiger partial charge in [-0.3, -0.25) is 0 Å². The Morgan fingerprint density at radius 1 is 0.893 bits per heavy atom. The molecule has 3 aromatic rings. The highest BCUT2D eigenvalue weighted by molar-refractivity contribution is 9.10. The lowest BCUT2D eigenvalue weighted by Crippen LogP contribution is -2.04. The number of hydrogen-bond donors (Lipinski definition) is 1. The number of hydrogen-bond acceptors (Lipinski definition) is 3. The molecule has 0 atom stereocenters. The molecule has 0 unspecified atom stereocenters. The van der Waals surface area contributed by atoms with Crippen LogP contribution in [0, 0.1) is 0 Å². The van der Waals surface area contributed by atoms with Gasteiger partial charge in [-0.2, -0.15) is 0 Å². The van der Waals surface area contributed by atoms with Gasteiger partial charge in [-0.05, 0) is 61.5 Å². The Kier molecular flexibility index (Phi) is 7.49. The Balaban J connectivity index is 1.68. The molecule has 0 radical (unpaired) electrons. The average molecular weight is 481 g/mol. The Hall–Kier alpha value is -1.88. The third kappa shape index (κ3) is 5.81. The van der Waals surface area contributed by atoms with Crippen molar-refractivity contribution in [1.29, 1.82) is 0 Å². The second-order valence-electron chi connectivity index (χ2n) is 6.09. The van der Waals surface area contributed by atoms with E-state index in [9.17, 15) is 0 Å². The zero-order chi connectivity index (χ0) is 19.9. The van der Waals surface area contributed by atoms with Gasteiger partial charge in [0.2, 0.25) is 0 Å². The van der Waals surface area contributed by atoms with Gasteiger partial charge in [0.05, 0.1) is 6.61 Å². The Labute approximate surface area is 183 Å². The summed E-state index contributed by atoms with van der Waals surface area (Å²) < 4.78 is 12.5. The maximum atomic E-state index is 6.24.